The normalized spacial score (nSPS) is 30.6. The van der Waals surface area contributed by atoms with Gasteiger partial charge in [-0.15, -0.1) is 0 Å². The summed E-state index contributed by atoms with van der Waals surface area (Å²) in [7, 11) is 1.31. The SMILES string of the molecule is COC(=O)[C@H]1N=C[C@@H](C)O1. The monoisotopic (exact) mass is 143 g/mol. The Hall–Kier alpha value is -0.900. The quantitative estimate of drug-likeness (QED) is 0.484. The summed E-state index contributed by atoms with van der Waals surface area (Å²) < 4.78 is 9.42. The van der Waals surface area contributed by atoms with Crippen LogP contribution in [0.1, 0.15) is 6.92 Å². The number of esters is 1. The predicted octanol–water partition coefficient (Wildman–Crippen LogP) is -0.0250. The van der Waals surface area contributed by atoms with E-state index in [1.807, 2.05) is 6.92 Å². The van der Waals surface area contributed by atoms with Crippen LogP contribution in [0.15, 0.2) is 4.99 Å². The Labute approximate surface area is 58.8 Å². The Kier molecular flexibility index (Phi) is 2.01. The maximum Gasteiger partial charge on any atom is 0.358 e. The lowest BCUT2D eigenvalue weighted by atomic mass is 10.5. The molecule has 56 valence electrons. The fraction of sp³-hybridized carbons (Fsp3) is 0.667. The third-order valence-corrected chi connectivity index (χ3v) is 1.18. The van der Waals surface area contributed by atoms with Gasteiger partial charge in [-0.1, -0.05) is 0 Å². The standard InChI is InChI=1S/C6H9NO3/c1-4-3-7-5(10-4)6(8)9-2/h3-5H,1-2H3/t4-,5+/m1/s1. The number of hydrogen-bond donors (Lipinski definition) is 0. The van der Waals surface area contributed by atoms with E-state index in [-0.39, 0.29) is 6.10 Å². The van der Waals surface area contributed by atoms with Crippen LogP contribution in [0.25, 0.3) is 0 Å². The van der Waals surface area contributed by atoms with Gasteiger partial charge in [-0.05, 0) is 6.92 Å². The molecule has 0 fully saturated rings. The minimum Gasteiger partial charge on any atom is -0.466 e. The molecule has 0 unspecified atom stereocenters. The second-order valence-corrected chi connectivity index (χ2v) is 2.01. The van der Waals surface area contributed by atoms with E-state index in [1.54, 1.807) is 6.21 Å². The molecule has 0 aromatic heterocycles. The first kappa shape index (κ1) is 7.21. The van der Waals surface area contributed by atoms with Gasteiger partial charge in [0.25, 0.3) is 0 Å². The van der Waals surface area contributed by atoms with Crippen molar-refractivity contribution in [2.45, 2.75) is 19.3 Å². The summed E-state index contributed by atoms with van der Waals surface area (Å²) in [5.41, 5.74) is 0. The Bertz CT molecular complexity index is 166. The van der Waals surface area contributed by atoms with Gasteiger partial charge >= 0.3 is 5.97 Å². The highest BCUT2D eigenvalue weighted by atomic mass is 16.6. The number of ether oxygens (including phenoxy) is 2. The maximum atomic E-state index is 10.7. The van der Waals surface area contributed by atoms with Gasteiger partial charge < -0.3 is 9.47 Å². The molecular formula is C6H9NO3. The topological polar surface area (TPSA) is 47.9 Å². The summed E-state index contributed by atoms with van der Waals surface area (Å²) in [5.74, 6) is -0.444. The molecule has 2 atom stereocenters. The Morgan fingerprint density at radius 2 is 2.50 bits per heavy atom. The van der Waals surface area contributed by atoms with Gasteiger partial charge in [-0.3, -0.25) is 4.99 Å². The van der Waals surface area contributed by atoms with Gasteiger partial charge in [0, 0.05) is 6.21 Å². The van der Waals surface area contributed by atoms with Crippen LogP contribution >= 0.6 is 0 Å². The van der Waals surface area contributed by atoms with Crippen molar-refractivity contribution in [1.29, 1.82) is 0 Å². The molecule has 0 saturated carbocycles. The van der Waals surface area contributed by atoms with E-state index in [0.717, 1.165) is 0 Å². The molecule has 0 N–H and O–H groups in total. The third kappa shape index (κ3) is 1.33. The van der Waals surface area contributed by atoms with Gasteiger partial charge in [-0.2, -0.15) is 0 Å². The summed E-state index contributed by atoms with van der Waals surface area (Å²) in [5, 5.41) is 0. The van der Waals surface area contributed by atoms with Crippen molar-refractivity contribution in [3.63, 3.8) is 0 Å². The first-order valence-corrected chi connectivity index (χ1v) is 3.00. The van der Waals surface area contributed by atoms with Gasteiger partial charge in [0.1, 0.15) is 0 Å². The van der Waals surface area contributed by atoms with Crippen molar-refractivity contribution in [2.24, 2.45) is 4.99 Å². The molecule has 1 heterocycles. The molecule has 10 heavy (non-hydrogen) atoms. The minimum absolute atomic E-state index is 0.0795. The number of rotatable bonds is 1. The van der Waals surface area contributed by atoms with Crippen LogP contribution in [-0.2, 0) is 14.3 Å². The summed E-state index contributed by atoms with van der Waals surface area (Å²) in [4.78, 5) is 14.5. The highest BCUT2D eigenvalue weighted by Gasteiger charge is 2.24. The predicted molar refractivity (Wildman–Crippen MR) is 34.8 cm³/mol. The molecule has 0 amide bonds. The van der Waals surface area contributed by atoms with E-state index < -0.39 is 12.2 Å². The van der Waals surface area contributed by atoms with Crippen LogP contribution in [0.3, 0.4) is 0 Å². The van der Waals surface area contributed by atoms with Gasteiger partial charge in [0.2, 0.25) is 6.23 Å². The number of nitrogens with zero attached hydrogens (tertiary/aromatic N) is 1. The Balaban J connectivity index is 2.46. The minimum atomic E-state index is -0.736. The summed E-state index contributed by atoms with van der Waals surface area (Å²) in [6, 6.07) is 0. The zero-order valence-electron chi connectivity index (χ0n) is 5.90. The largest absolute Gasteiger partial charge is 0.466 e. The summed E-state index contributed by atoms with van der Waals surface area (Å²) in [6.07, 6.45) is 0.769. The molecule has 1 aliphatic rings. The van der Waals surface area contributed by atoms with E-state index in [9.17, 15) is 4.79 Å². The van der Waals surface area contributed by atoms with E-state index in [0.29, 0.717) is 0 Å². The lowest BCUT2D eigenvalue weighted by Gasteiger charge is -2.05. The van der Waals surface area contributed by atoms with Gasteiger partial charge in [-0.25, -0.2) is 4.79 Å². The number of carbonyl (C=O) groups excluding carboxylic acids is 1. The molecule has 0 aromatic carbocycles. The molecule has 0 aromatic rings. The highest BCUT2D eigenvalue weighted by molar-refractivity contribution is 5.79. The van der Waals surface area contributed by atoms with Crippen molar-refractivity contribution >= 4 is 12.2 Å². The van der Waals surface area contributed by atoms with Crippen LogP contribution < -0.4 is 0 Å². The molecule has 0 bridgehead atoms. The fourth-order valence-corrected chi connectivity index (χ4v) is 0.690. The van der Waals surface area contributed by atoms with Crippen LogP contribution in [-0.4, -0.2) is 31.6 Å². The van der Waals surface area contributed by atoms with Gasteiger partial charge in [0.15, 0.2) is 0 Å². The fourth-order valence-electron chi connectivity index (χ4n) is 0.690. The van der Waals surface area contributed by atoms with Crippen LogP contribution in [0, 0.1) is 0 Å². The van der Waals surface area contributed by atoms with Crippen LogP contribution in [0.2, 0.25) is 0 Å². The molecule has 4 heteroatoms. The second kappa shape index (κ2) is 2.79. The van der Waals surface area contributed by atoms with Crippen molar-refractivity contribution in [3.05, 3.63) is 0 Å². The lowest BCUT2D eigenvalue weighted by molar-refractivity contribution is -0.153. The maximum absolute atomic E-state index is 10.7. The smallest absolute Gasteiger partial charge is 0.358 e. The number of methoxy groups -OCH3 is 1. The average molecular weight is 143 g/mol. The Morgan fingerprint density at radius 3 is 2.90 bits per heavy atom. The summed E-state index contributed by atoms with van der Waals surface area (Å²) >= 11 is 0. The summed E-state index contributed by atoms with van der Waals surface area (Å²) in [6.45, 7) is 1.81. The average Bonchev–Trinajstić information content (AvgIpc) is 2.34. The van der Waals surface area contributed by atoms with Crippen molar-refractivity contribution in [3.8, 4) is 0 Å². The van der Waals surface area contributed by atoms with Crippen molar-refractivity contribution in [2.75, 3.05) is 7.11 Å². The number of carbonyl (C=O) groups is 1. The number of aliphatic imine (C=N–C) groups is 1. The lowest BCUT2D eigenvalue weighted by Crippen LogP contribution is -2.21. The first-order chi connectivity index (χ1) is 4.74. The highest BCUT2D eigenvalue weighted by Crippen LogP contribution is 2.07. The zero-order valence-corrected chi connectivity index (χ0v) is 5.90. The molecular weight excluding hydrogens is 134 g/mol. The first-order valence-electron chi connectivity index (χ1n) is 3.00. The van der Waals surface area contributed by atoms with Crippen LogP contribution in [0.4, 0.5) is 0 Å². The number of hydrogen-bond acceptors (Lipinski definition) is 4. The molecule has 0 saturated heterocycles. The molecule has 4 nitrogen and oxygen atoms in total. The van der Waals surface area contributed by atoms with Gasteiger partial charge in [0.05, 0.1) is 13.2 Å². The van der Waals surface area contributed by atoms with E-state index in [2.05, 4.69) is 9.73 Å². The van der Waals surface area contributed by atoms with Crippen LogP contribution in [0.5, 0.6) is 0 Å². The molecule has 0 spiro atoms. The zero-order chi connectivity index (χ0) is 7.56. The molecule has 0 aliphatic carbocycles. The van der Waals surface area contributed by atoms with Crippen molar-refractivity contribution < 1.29 is 14.3 Å². The third-order valence-electron chi connectivity index (χ3n) is 1.18. The van der Waals surface area contributed by atoms with Crippen molar-refractivity contribution in [1.82, 2.24) is 0 Å². The molecule has 1 rings (SSSR count). The van der Waals surface area contributed by atoms with E-state index in [1.165, 1.54) is 7.11 Å². The van der Waals surface area contributed by atoms with E-state index in [4.69, 9.17) is 4.74 Å². The molecule has 1 aliphatic heterocycles. The van der Waals surface area contributed by atoms with E-state index >= 15 is 0 Å². The Morgan fingerprint density at radius 1 is 1.80 bits per heavy atom. The molecule has 0 radical (unpaired) electrons. The second-order valence-electron chi connectivity index (χ2n) is 2.01.